The molecule has 1 aromatic carbocycles. The number of nitrogens with two attached hydrogens (primary N) is 1. The molecule has 20 heavy (non-hydrogen) atoms. The van der Waals surface area contributed by atoms with E-state index in [0.717, 1.165) is 6.07 Å². The maximum Gasteiger partial charge on any atom is 0.336 e. The third kappa shape index (κ3) is 2.88. The number of esters is 1. The first kappa shape index (κ1) is 14.3. The van der Waals surface area contributed by atoms with Crippen molar-refractivity contribution < 1.29 is 23.5 Å². The van der Waals surface area contributed by atoms with E-state index in [1.54, 1.807) is 0 Å². The van der Waals surface area contributed by atoms with E-state index in [1.165, 1.54) is 24.1 Å². The summed E-state index contributed by atoms with van der Waals surface area (Å²) in [6.45, 7) is 0.689. The van der Waals surface area contributed by atoms with Crippen molar-refractivity contribution in [1.82, 2.24) is 4.90 Å². The fourth-order valence-corrected chi connectivity index (χ4v) is 1.97. The van der Waals surface area contributed by atoms with Crippen molar-refractivity contribution in [2.75, 3.05) is 32.5 Å². The van der Waals surface area contributed by atoms with Crippen LogP contribution in [0.15, 0.2) is 18.2 Å². The van der Waals surface area contributed by atoms with Crippen molar-refractivity contribution in [3.63, 3.8) is 0 Å². The number of rotatable bonds is 2. The zero-order valence-electron chi connectivity index (χ0n) is 11.0. The average molecular weight is 282 g/mol. The first-order valence-corrected chi connectivity index (χ1v) is 6.06. The Labute approximate surface area is 115 Å². The Kier molecular flexibility index (Phi) is 4.19. The van der Waals surface area contributed by atoms with E-state index in [2.05, 4.69) is 4.74 Å². The van der Waals surface area contributed by atoms with E-state index in [9.17, 15) is 14.0 Å². The number of nitrogen functional groups attached to an aromatic ring is 1. The number of carbonyl (C=O) groups is 2. The summed E-state index contributed by atoms with van der Waals surface area (Å²) in [5, 5.41) is 0. The second kappa shape index (κ2) is 5.87. The van der Waals surface area contributed by atoms with Gasteiger partial charge in [0.15, 0.2) is 6.10 Å². The molecule has 1 saturated heterocycles. The Hall–Kier alpha value is -2.15. The predicted molar refractivity (Wildman–Crippen MR) is 68.5 cm³/mol. The normalized spacial score (nSPS) is 18.7. The van der Waals surface area contributed by atoms with Crippen LogP contribution >= 0.6 is 0 Å². The molecule has 6 nitrogen and oxygen atoms in total. The SMILES string of the molecule is COC(=O)C1CN(C(=O)c2ccc(F)c(N)c2)CCO1. The number of methoxy groups -OCH3 is 1. The first-order chi connectivity index (χ1) is 9.52. The van der Waals surface area contributed by atoms with Crippen molar-refractivity contribution in [2.45, 2.75) is 6.10 Å². The molecule has 108 valence electrons. The minimum Gasteiger partial charge on any atom is -0.467 e. The van der Waals surface area contributed by atoms with Gasteiger partial charge >= 0.3 is 5.97 Å². The number of amides is 1. The average Bonchev–Trinajstić information content (AvgIpc) is 2.48. The lowest BCUT2D eigenvalue weighted by Crippen LogP contribution is -2.48. The van der Waals surface area contributed by atoms with Gasteiger partial charge < -0.3 is 20.1 Å². The summed E-state index contributed by atoms with van der Waals surface area (Å²) in [6, 6.07) is 3.78. The molecule has 1 atom stereocenters. The highest BCUT2D eigenvalue weighted by Crippen LogP contribution is 2.16. The van der Waals surface area contributed by atoms with Crippen molar-refractivity contribution in [1.29, 1.82) is 0 Å². The monoisotopic (exact) mass is 282 g/mol. The molecule has 0 radical (unpaired) electrons. The zero-order chi connectivity index (χ0) is 14.7. The van der Waals surface area contributed by atoms with Gasteiger partial charge in [-0.3, -0.25) is 4.79 Å². The van der Waals surface area contributed by atoms with Gasteiger partial charge in [0.25, 0.3) is 5.91 Å². The smallest absolute Gasteiger partial charge is 0.336 e. The van der Waals surface area contributed by atoms with Crippen LogP contribution < -0.4 is 5.73 Å². The van der Waals surface area contributed by atoms with E-state index in [4.69, 9.17) is 10.5 Å². The lowest BCUT2D eigenvalue weighted by Gasteiger charge is -2.31. The quantitative estimate of drug-likeness (QED) is 0.628. The van der Waals surface area contributed by atoms with Gasteiger partial charge in [0.05, 0.1) is 25.9 Å². The molecule has 0 spiro atoms. The number of benzene rings is 1. The molecule has 0 bridgehead atoms. The fourth-order valence-electron chi connectivity index (χ4n) is 1.97. The van der Waals surface area contributed by atoms with Gasteiger partial charge in [0.2, 0.25) is 0 Å². The summed E-state index contributed by atoms with van der Waals surface area (Å²) >= 11 is 0. The van der Waals surface area contributed by atoms with Gasteiger partial charge in [-0.15, -0.1) is 0 Å². The second-order valence-electron chi connectivity index (χ2n) is 4.37. The van der Waals surface area contributed by atoms with Crippen molar-refractivity contribution in [3.8, 4) is 0 Å². The highest BCUT2D eigenvalue weighted by atomic mass is 19.1. The number of morpholine rings is 1. The minimum atomic E-state index is -0.796. The maximum atomic E-state index is 13.1. The topological polar surface area (TPSA) is 81.9 Å². The second-order valence-corrected chi connectivity index (χ2v) is 4.37. The van der Waals surface area contributed by atoms with Crippen LogP contribution in [0.2, 0.25) is 0 Å². The molecule has 1 amide bonds. The molecule has 2 N–H and O–H groups in total. The molecule has 0 saturated carbocycles. The molecule has 1 aliphatic rings. The molecule has 0 aromatic heterocycles. The molecule has 7 heteroatoms. The van der Waals surface area contributed by atoms with Crippen molar-refractivity contribution in [3.05, 3.63) is 29.6 Å². The van der Waals surface area contributed by atoms with Crippen LogP contribution in [0.5, 0.6) is 0 Å². The highest BCUT2D eigenvalue weighted by Gasteiger charge is 2.30. The number of ether oxygens (including phenoxy) is 2. The van der Waals surface area contributed by atoms with Crippen LogP contribution in [0.1, 0.15) is 10.4 Å². The Morgan fingerprint density at radius 3 is 2.90 bits per heavy atom. The lowest BCUT2D eigenvalue weighted by molar-refractivity contribution is -0.158. The van der Waals surface area contributed by atoms with Gasteiger partial charge in [0, 0.05) is 12.1 Å². The summed E-state index contributed by atoms with van der Waals surface area (Å²) in [6.07, 6.45) is -0.796. The first-order valence-electron chi connectivity index (χ1n) is 6.06. The van der Waals surface area contributed by atoms with E-state index in [1.807, 2.05) is 0 Å². The summed E-state index contributed by atoms with van der Waals surface area (Å²) in [5.41, 5.74) is 5.62. The van der Waals surface area contributed by atoms with E-state index in [0.29, 0.717) is 6.54 Å². The van der Waals surface area contributed by atoms with Gasteiger partial charge in [-0.05, 0) is 18.2 Å². The number of halogens is 1. The molecule has 1 aliphatic heterocycles. The largest absolute Gasteiger partial charge is 0.467 e. The summed E-state index contributed by atoms with van der Waals surface area (Å²) in [5.74, 6) is -1.43. The molecule has 0 aliphatic carbocycles. The van der Waals surface area contributed by atoms with E-state index in [-0.39, 0.29) is 30.3 Å². The van der Waals surface area contributed by atoms with E-state index >= 15 is 0 Å². The van der Waals surface area contributed by atoms with E-state index < -0.39 is 17.9 Å². The van der Waals surface area contributed by atoms with Crippen LogP contribution in [-0.2, 0) is 14.3 Å². The van der Waals surface area contributed by atoms with Crippen LogP contribution in [-0.4, -0.2) is 49.7 Å². The maximum absolute atomic E-state index is 13.1. The number of hydrogen-bond donors (Lipinski definition) is 1. The van der Waals surface area contributed by atoms with Crippen LogP contribution in [0.25, 0.3) is 0 Å². The van der Waals surface area contributed by atoms with Crippen molar-refractivity contribution in [2.24, 2.45) is 0 Å². The molecule has 1 aromatic rings. The molecule has 2 rings (SSSR count). The standard InChI is InChI=1S/C13H15FN2O4/c1-19-13(18)11-7-16(4-5-20-11)12(17)8-2-3-9(14)10(15)6-8/h2-3,6,11H,4-5,7,15H2,1H3. The molecule has 1 heterocycles. The Bertz CT molecular complexity index is 535. The predicted octanol–water partition coefficient (Wildman–Crippen LogP) is 0.422. The fraction of sp³-hybridized carbons (Fsp3) is 0.385. The van der Waals surface area contributed by atoms with Gasteiger partial charge in [-0.1, -0.05) is 0 Å². The third-order valence-corrected chi connectivity index (χ3v) is 3.06. The number of nitrogens with zero attached hydrogens (tertiary/aromatic N) is 1. The number of carbonyl (C=O) groups excluding carboxylic acids is 2. The molecule has 1 fully saturated rings. The molecular weight excluding hydrogens is 267 g/mol. The van der Waals surface area contributed by atoms with Gasteiger partial charge in [-0.25, -0.2) is 9.18 Å². The Morgan fingerprint density at radius 1 is 1.50 bits per heavy atom. The Morgan fingerprint density at radius 2 is 2.25 bits per heavy atom. The summed E-state index contributed by atoms with van der Waals surface area (Å²) < 4.78 is 22.9. The van der Waals surface area contributed by atoms with Crippen LogP contribution in [0, 0.1) is 5.82 Å². The molecule has 1 unspecified atom stereocenters. The summed E-state index contributed by atoms with van der Waals surface area (Å²) in [7, 11) is 1.26. The van der Waals surface area contributed by atoms with Crippen molar-refractivity contribution >= 4 is 17.6 Å². The Balaban J connectivity index is 2.12. The lowest BCUT2D eigenvalue weighted by atomic mass is 10.1. The minimum absolute atomic E-state index is 0.0892. The van der Waals surface area contributed by atoms with Gasteiger partial charge in [0.1, 0.15) is 5.82 Å². The van der Waals surface area contributed by atoms with Crippen LogP contribution in [0.4, 0.5) is 10.1 Å². The van der Waals surface area contributed by atoms with Crippen LogP contribution in [0.3, 0.4) is 0 Å². The highest BCUT2D eigenvalue weighted by molar-refractivity contribution is 5.95. The number of anilines is 1. The third-order valence-electron chi connectivity index (χ3n) is 3.06. The number of hydrogen-bond acceptors (Lipinski definition) is 5. The van der Waals surface area contributed by atoms with Gasteiger partial charge in [-0.2, -0.15) is 0 Å². The zero-order valence-corrected chi connectivity index (χ0v) is 11.0. The molecular formula is C13H15FN2O4. The summed E-state index contributed by atoms with van der Waals surface area (Å²) in [4.78, 5) is 25.1.